The van der Waals surface area contributed by atoms with Gasteiger partial charge in [-0.3, -0.25) is 5.73 Å². The van der Waals surface area contributed by atoms with Gasteiger partial charge in [-0.05, 0) is 35.0 Å². The second kappa shape index (κ2) is 3.74. The van der Waals surface area contributed by atoms with Crippen molar-refractivity contribution in [1.82, 2.24) is 0 Å². The van der Waals surface area contributed by atoms with Crippen LogP contribution in [0.1, 0.15) is 6.92 Å². The van der Waals surface area contributed by atoms with E-state index in [0.29, 0.717) is 0 Å². The third-order valence-corrected chi connectivity index (χ3v) is 1.80. The van der Waals surface area contributed by atoms with Crippen molar-refractivity contribution in [3.8, 4) is 5.75 Å². The van der Waals surface area contributed by atoms with Crippen LogP contribution in [0.25, 0.3) is 0 Å². The van der Waals surface area contributed by atoms with Gasteiger partial charge in [-0.2, -0.15) is 0 Å². The zero-order valence-electron chi connectivity index (χ0n) is 6.25. The highest BCUT2D eigenvalue weighted by Crippen LogP contribution is 2.23. The molecule has 0 amide bonds. The van der Waals surface area contributed by atoms with E-state index < -0.39 is 0 Å². The van der Waals surface area contributed by atoms with Crippen LogP contribution in [0, 0.1) is 0 Å². The summed E-state index contributed by atoms with van der Waals surface area (Å²) < 4.78 is 6.20. The van der Waals surface area contributed by atoms with E-state index in [0.717, 1.165) is 10.2 Å². The first-order valence-electron chi connectivity index (χ1n) is 3.37. The average molecular weight is 216 g/mol. The van der Waals surface area contributed by atoms with Crippen molar-refractivity contribution in [2.75, 3.05) is 0 Å². The van der Waals surface area contributed by atoms with Gasteiger partial charge in [0.25, 0.3) is 0 Å². The molecule has 1 unspecified atom stereocenters. The molecule has 11 heavy (non-hydrogen) atoms. The Morgan fingerprint density at radius 3 is 2.64 bits per heavy atom. The first-order valence-corrected chi connectivity index (χ1v) is 4.16. The fourth-order valence-electron chi connectivity index (χ4n) is 0.741. The molecule has 2 N–H and O–H groups in total. The molecule has 0 bridgehead atoms. The van der Waals surface area contributed by atoms with E-state index in [2.05, 4.69) is 15.9 Å². The smallest absolute Gasteiger partial charge is 0.144 e. The average Bonchev–Trinajstić information content (AvgIpc) is 1.93. The fraction of sp³-hybridized carbons (Fsp3) is 0.250. The molecular weight excluding hydrogens is 206 g/mol. The third-order valence-electron chi connectivity index (χ3n) is 1.15. The van der Waals surface area contributed by atoms with Crippen molar-refractivity contribution in [3.05, 3.63) is 28.7 Å². The highest BCUT2D eigenvalue weighted by atomic mass is 79.9. The van der Waals surface area contributed by atoms with Crippen LogP contribution in [0.15, 0.2) is 28.7 Å². The van der Waals surface area contributed by atoms with Crippen LogP contribution >= 0.6 is 15.9 Å². The molecule has 0 saturated heterocycles. The van der Waals surface area contributed by atoms with Crippen molar-refractivity contribution in [3.63, 3.8) is 0 Å². The number of nitrogens with two attached hydrogens (primary N) is 1. The summed E-state index contributed by atoms with van der Waals surface area (Å²) in [6, 6.07) is 7.62. The lowest BCUT2D eigenvalue weighted by Crippen LogP contribution is -2.22. The molecule has 0 saturated carbocycles. The number of ether oxygens (including phenoxy) is 1. The summed E-state index contributed by atoms with van der Waals surface area (Å²) in [7, 11) is 0. The van der Waals surface area contributed by atoms with Gasteiger partial charge >= 0.3 is 0 Å². The van der Waals surface area contributed by atoms with Crippen molar-refractivity contribution in [1.29, 1.82) is 0 Å². The van der Waals surface area contributed by atoms with Gasteiger partial charge < -0.3 is 4.74 Å². The number of hydrogen-bond donors (Lipinski definition) is 1. The highest BCUT2D eigenvalue weighted by Gasteiger charge is 2.00. The van der Waals surface area contributed by atoms with Crippen LogP contribution in [0.2, 0.25) is 0 Å². The molecule has 1 atom stereocenters. The highest BCUT2D eigenvalue weighted by molar-refractivity contribution is 9.10. The molecule has 2 nitrogen and oxygen atoms in total. The molecule has 0 aromatic heterocycles. The Labute approximate surface area is 74.5 Å². The Balaban J connectivity index is 2.78. The molecule has 0 aliphatic heterocycles. The summed E-state index contributed by atoms with van der Waals surface area (Å²) in [5.74, 6) is 0.780. The van der Waals surface area contributed by atoms with Gasteiger partial charge in [0.05, 0.1) is 4.47 Å². The third kappa shape index (κ3) is 2.52. The number of rotatable bonds is 2. The lowest BCUT2D eigenvalue weighted by atomic mass is 10.3. The van der Waals surface area contributed by atoms with E-state index >= 15 is 0 Å². The monoisotopic (exact) mass is 215 g/mol. The van der Waals surface area contributed by atoms with Crippen LogP contribution in [0.3, 0.4) is 0 Å². The molecular formula is C8H10BrNO. The van der Waals surface area contributed by atoms with E-state index in [1.165, 1.54) is 0 Å². The van der Waals surface area contributed by atoms with Crippen LogP contribution in [-0.4, -0.2) is 6.23 Å². The van der Waals surface area contributed by atoms with Crippen LogP contribution in [0.4, 0.5) is 0 Å². The molecule has 3 heteroatoms. The lowest BCUT2D eigenvalue weighted by Gasteiger charge is -2.10. The van der Waals surface area contributed by atoms with E-state index in [9.17, 15) is 0 Å². The van der Waals surface area contributed by atoms with Gasteiger partial charge in [0.2, 0.25) is 0 Å². The predicted octanol–water partition coefficient (Wildman–Crippen LogP) is 2.13. The molecule has 1 rings (SSSR count). The van der Waals surface area contributed by atoms with Crippen molar-refractivity contribution < 1.29 is 4.74 Å². The molecule has 0 heterocycles. The van der Waals surface area contributed by atoms with Crippen molar-refractivity contribution in [2.24, 2.45) is 5.73 Å². The first kappa shape index (κ1) is 8.56. The Kier molecular flexibility index (Phi) is 2.91. The molecule has 0 aliphatic rings. The lowest BCUT2D eigenvalue weighted by molar-refractivity contribution is 0.228. The van der Waals surface area contributed by atoms with Gasteiger partial charge in [0, 0.05) is 0 Å². The molecule has 1 aromatic carbocycles. The van der Waals surface area contributed by atoms with Crippen molar-refractivity contribution >= 4 is 15.9 Å². The van der Waals surface area contributed by atoms with Gasteiger partial charge in [0.15, 0.2) is 0 Å². The second-order valence-electron chi connectivity index (χ2n) is 2.25. The zero-order valence-corrected chi connectivity index (χ0v) is 7.84. The van der Waals surface area contributed by atoms with Crippen LogP contribution < -0.4 is 10.5 Å². The fourth-order valence-corrected chi connectivity index (χ4v) is 1.12. The van der Waals surface area contributed by atoms with E-state index in [-0.39, 0.29) is 6.23 Å². The normalized spacial score (nSPS) is 12.6. The van der Waals surface area contributed by atoms with E-state index in [1.54, 1.807) is 6.92 Å². The minimum absolute atomic E-state index is 0.270. The molecule has 0 radical (unpaired) electrons. The molecule has 0 aliphatic carbocycles. The van der Waals surface area contributed by atoms with Crippen LogP contribution in [-0.2, 0) is 0 Å². The maximum absolute atomic E-state index is 5.45. The predicted molar refractivity (Wildman–Crippen MR) is 48.4 cm³/mol. The second-order valence-corrected chi connectivity index (χ2v) is 3.11. The van der Waals surface area contributed by atoms with Crippen molar-refractivity contribution in [2.45, 2.75) is 13.2 Å². The zero-order chi connectivity index (χ0) is 8.27. The van der Waals surface area contributed by atoms with E-state index in [1.807, 2.05) is 24.3 Å². The standard InChI is InChI=1S/C8H10BrNO/c1-6(10)11-8-5-3-2-4-7(8)9/h2-6H,10H2,1H3. The van der Waals surface area contributed by atoms with Gasteiger partial charge in [0.1, 0.15) is 12.0 Å². The minimum Gasteiger partial charge on any atom is -0.475 e. The summed E-state index contributed by atoms with van der Waals surface area (Å²) in [6.45, 7) is 1.79. The topological polar surface area (TPSA) is 35.2 Å². The maximum Gasteiger partial charge on any atom is 0.144 e. The van der Waals surface area contributed by atoms with Gasteiger partial charge in [-0.1, -0.05) is 12.1 Å². The van der Waals surface area contributed by atoms with Gasteiger partial charge in [-0.25, -0.2) is 0 Å². The summed E-state index contributed by atoms with van der Waals surface area (Å²) in [5.41, 5.74) is 5.45. The van der Waals surface area contributed by atoms with E-state index in [4.69, 9.17) is 10.5 Å². The maximum atomic E-state index is 5.45. The Morgan fingerprint density at radius 1 is 1.45 bits per heavy atom. The Morgan fingerprint density at radius 2 is 2.09 bits per heavy atom. The first-order chi connectivity index (χ1) is 5.20. The number of benzene rings is 1. The van der Waals surface area contributed by atoms with Gasteiger partial charge in [-0.15, -0.1) is 0 Å². The summed E-state index contributed by atoms with van der Waals surface area (Å²) in [6.07, 6.45) is -0.270. The summed E-state index contributed by atoms with van der Waals surface area (Å²) >= 11 is 3.34. The number of para-hydroxylation sites is 1. The molecule has 1 aromatic rings. The minimum atomic E-state index is -0.270. The Hall–Kier alpha value is -0.540. The van der Waals surface area contributed by atoms with Crippen LogP contribution in [0.5, 0.6) is 5.75 Å². The largest absolute Gasteiger partial charge is 0.475 e. The molecule has 0 fully saturated rings. The molecule has 0 spiro atoms. The summed E-state index contributed by atoms with van der Waals surface area (Å²) in [5, 5.41) is 0. The number of halogens is 1. The quantitative estimate of drug-likeness (QED) is 0.768. The summed E-state index contributed by atoms with van der Waals surface area (Å²) in [4.78, 5) is 0. The SMILES string of the molecule is CC(N)Oc1ccccc1Br. The number of hydrogen-bond acceptors (Lipinski definition) is 2. The molecule has 60 valence electrons. The Bertz CT molecular complexity index is 237.